The molecule has 0 saturated carbocycles. The van der Waals surface area contributed by atoms with E-state index in [9.17, 15) is 29.1 Å². The molecule has 0 rings (SSSR count). The van der Waals surface area contributed by atoms with Crippen molar-refractivity contribution in [2.24, 2.45) is 0 Å². The molecule has 0 aliphatic heterocycles. The first kappa shape index (κ1) is 33.3. The van der Waals surface area contributed by atoms with Crippen molar-refractivity contribution in [2.75, 3.05) is 13.4 Å². The average Bonchev–Trinajstić information content (AvgIpc) is 2.81. The molecule has 2 atom stereocenters. The molecule has 12 heteroatoms. The van der Waals surface area contributed by atoms with Gasteiger partial charge in [-0.3, -0.25) is 14.4 Å². The number of amides is 2. The van der Waals surface area contributed by atoms with Gasteiger partial charge in [0.15, 0.2) is 0 Å². The Bertz CT molecular complexity index is 671. The first-order valence-corrected chi connectivity index (χ1v) is 12.6. The molecule has 0 aromatic rings. The highest BCUT2D eigenvalue weighted by Crippen LogP contribution is 2.12. The third kappa shape index (κ3) is 19.6. The normalized spacial score (nSPS) is 12.5. The van der Waals surface area contributed by atoms with E-state index in [1.807, 2.05) is 0 Å². The lowest BCUT2D eigenvalue weighted by Crippen LogP contribution is -2.44. The van der Waals surface area contributed by atoms with Crippen LogP contribution in [0.25, 0.3) is 0 Å². The lowest BCUT2D eigenvalue weighted by atomic mass is 10.0. The quantitative estimate of drug-likeness (QED) is 0.0811. The van der Waals surface area contributed by atoms with Crippen LogP contribution in [-0.4, -0.2) is 75.6 Å². The second-order valence-electron chi connectivity index (χ2n) is 8.71. The van der Waals surface area contributed by atoms with Gasteiger partial charge in [-0.15, -0.1) is 0 Å². The van der Waals surface area contributed by atoms with Crippen molar-refractivity contribution in [1.29, 1.82) is 0 Å². The zero-order valence-electron chi connectivity index (χ0n) is 20.9. The second kappa shape index (κ2) is 21.5. The predicted octanol–water partition coefficient (Wildman–Crippen LogP) is 2.03. The van der Waals surface area contributed by atoms with E-state index < -0.39 is 48.6 Å². The summed E-state index contributed by atoms with van der Waals surface area (Å²) in [4.78, 5) is 57.2. The van der Waals surface area contributed by atoms with Crippen LogP contribution in [0.2, 0.25) is 0 Å². The molecular formula is C24H42N2O10. The summed E-state index contributed by atoms with van der Waals surface area (Å²) in [6.07, 6.45) is 9.38. The Labute approximate surface area is 211 Å². The van der Waals surface area contributed by atoms with E-state index in [-0.39, 0.29) is 38.7 Å². The van der Waals surface area contributed by atoms with Gasteiger partial charge in [0, 0.05) is 25.7 Å². The second-order valence-corrected chi connectivity index (χ2v) is 8.71. The van der Waals surface area contributed by atoms with Crippen LogP contribution in [0.3, 0.4) is 0 Å². The number of ether oxygens (including phenoxy) is 1. The molecule has 0 aliphatic carbocycles. The monoisotopic (exact) mass is 518 g/mol. The number of carboxylic acid groups (broad SMARTS) is 3. The molecule has 12 nitrogen and oxygen atoms in total. The molecule has 0 saturated heterocycles. The van der Waals surface area contributed by atoms with E-state index >= 15 is 0 Å². The fourth-order valence-corrected chi connectivity index (χ4v) is 3.56. The minimum absolute atomic E-state index is 0.0602. The standard InChI is InChI=1S/C24H42N2O10/c27-17-36-16-15-19(24(34)35)26-21(29)14-13-18(23(32)33)25-20(28)11-9-7-5-3-1-2-4-6-8-10-12-22(30)31/h18-19,27H,1-17H2,(H,25,28)(H,26,29)(H,30,31)(H,32,33)(H,34,35)/t18-,19-/m0/s1. The highest BCUT2D eigenvalue weighted by atomic mass is 16.6. The highest BCUT2D eigenvalue weighted by molar-refractivity contribution is 5.86. The molecule has 6 N–H and O–H groups in total. The summed E-state index contributed by atoms with van der Waals surface area (Å²) in [5.74, 6) is -4.37. The summed E-state index contributed by atoms with van der Waals surface area (Å²) in [6, 6.07) is -2.48. The summed E-state index contributed by atoms with van der Waals surface area (Å²) < 4.78 is 4.66. The number of hydrogen-bond donors (Lipinski definition) is 6. The van der Waals surface area contributed by atoms with Crippen LogP contribution in [0.15, 0.2) is 0 Å². The van der Waals surface area contributed by atoms with Crippen LogP contribution in [-0.2, 0) is 28.7 Å². The lowest BCUT2D eigenvalue weighted by Gasteiger charge is -2.17. The number of rotatable bonds is 24. The van der Waals surface area contributed by atoms with Crippen molar-refractivity contribution < 1.29 is 49.1 Å². The number of carboxylic acids is 3. The SMILES string of the molecule is O=C(O)CCCCCCCCCCCCC(=O)N[C@@H](CCC(=O)N[C@@H](CCOCO)C(=O)O)C(=O)O. The number of aliphatic hydroxyl groups is 1. The molecule has 0 fully saturated rings. The van der Waals surface area contributed by atoms with Crippen LogP contribution < -0.4 is 10.6 Å². The number of aliphatic hydroxyl groups excluding tert-OH is 1. The molecule has 0 spiro atoms. The Morgan fingerprint density at radius 2 is 1.00 bits per heavy atom. The number of aliphatic carboxylic acids is 3. The Balaban J connectivity index is 4.01. The van der Waals surface area contributed by atoms with Gasteiger partial charge in [0.25, 0.3) is 0 Å². The van der Waals surface area contributed by atoms with Gasteiger partial charge in [0.1, 0.15) is 18.9 Å². The van der Waals surface area contributed by atoms with E-state index in [4.69, 9.17) is 15.3 Å². The Morgan fingerprint density at radius 1 is 0.583 bits per heavy atom. The minimum Gasteiger partial charge on any atom is -0.481 e. The van der Waals surface area contributed by atoms with Crippen LogP contribution in [0, 0.1) is 0 Å². The van der Waals surface area contributed by atoms with Crippen LogP contribution in [0.1, 0.15) is 96.3 Å². The number of nitrogens with one attached hydrogen (secondary N) is 2. The Hall–Kier alpha value is -2.73. The van der Waals surface area contributed by atoms with Crippen LogP contribution in [0.4, 0.5) is 0 Å². The first-order valence-electron chi connectivity index (χ1n) is 12.6. The molecule has 0 radical (unpaired) electrons. The molecule has 208 valence electrons. The molecule has 0 unspecified atom stereocenters. The topological polar surface area (TPSA) is 200 Å². The number of unbranched alkanes of at least 4 members (excludes halogenated alkanes) is 9. The largest absolute Gasteiger partial charge is 0.481 e. The van der Waals surface area contributed by atoms with Crippen molar-refractivity contribution >= 4 is 29.7 Å². The van der Waals surface area contributed by atoms with Gasteiger partial charge < -0.3 is 35.8 Å². The van der Waals surface area contributed by atoms with Gasteiger partial charge in [0.05, 0.1) is 6.61 Å². The van der Waals surface area contributed by atoms with E-state index in [0.717, 1.165) is 57.8 Å². The van der Waals surface area contributed by atoms with E-state index in [1.54, 1.807) is 0 Å². The summed E-state index contributed by atoms with van der Waals surface area (Å²) >= 11 is 0. The maximum absolute atomic E-state index is 12.1. The fraction of sp³-hybridized carbons (Fsp3) is 0.792. The Morgan fingerprint density at radius 3 is 1.44 bits per heavy atom. The van der Waals surface area contributed by atoms with Crippen LogP contribution in [0.5, 0.6) is 0 Å². The molecule has 0 aromatic carbocycles. The van der Waals surface area contributed by atoms with Crippen LogP contribution >= 0.6 is 0 Å². The molecule has 36 heavy (non-hydrogen) atoms. The fourth-order valence-electron chi connectivity index (χ4n) is 3.56. The minimum atomic E-state index is -1.28. The summed E-state index contributed by atoms with van der Waals surface area (Å²) in [7, 11) is 0. The van der Waals surface area contributed by atoms with Crippen molar-refractivity contribution in [3.63, 3.8) is 0 Å². The molecule has 0 aliphatic rings. The third-order valence-corrected chi connectivity index (χ3v) is 5.61. The van der Waals surface area contributed by atoms with Gasteiger partial charge in [-0.05, 0) is 19.3 Å². The Kier molecular flexibility index (Phi) is 19.9. The molecule has 0 bridgehead atoms. The van der Waals surface area contributed by atoms with Crippen molar-refractivity contribution in [1.82, 2.24) is 10.6 Å². The number of hydrogen-bond acceptors (Lipinski definition) is 7. The zero-order valence-corrected chi connectivity index (χ0v) is 20.9. The summed E-state index contributed by atoms with van der Waals surface area (Å²) in [6.45, 7) is -0.642. The van der Waals surface area contributed by atoms with Crippen molar-refractivity contribution in [3.05, 3.63) is 0 Å². The number of carbonyl (C=O) groups is 5. The maximum atomic E-state index is 12.1. The molecular weight excluding hydrogens is 476 g/mol. The highest BCUT2D eigenvalue weighted by Gasteiger charge is 2.23. The maximum Gasteiger partial charge on any atom is 0.326 e. The molecule has 0 aromatic heterocycles. The number of carbonyl (C=O) groups excluding carboxylic acids is 2. The third-order valence-electron chi connectivity index (χ3n) is 5.61. The molecule has 0 heterocycles. The zero-order chi connectivity index (χ0) is 27.2. The van der Waals surface area contributed by atoms with Gasteiger partial charge in [-0.2, -0.15) is 0 Å². The molecule has 2 amide bonds. The van der Waals surface area contributed by atoms with Crippen molar-refractivity contribution in [3.8, 4) is 0 Å². The van der Waals surface area contributed by atoms with E-state index in [2.05, 4.69) is 15.4 Å². The lowest BCUT2D eigenvalue weighted by molar-refractivity contribution is -0.143. The average molecular weight is 519 g/mol. The predicted molar refractivity (Wildman–Crippen MR) is 129 cm³/mol. The van der Waals surface area contributed by atoms with Gasteiger partial charge >= 0.3 is 17.9 Å². The summed E-state index contributed by atoms with van der Waals surface area (Å²) in [5, 5.41) is 40.3. The van der Waals surface area contributed by atoms with Gasteiger partial charge in [-0.1, -0.05) is 51.4 Å². The summed E-state index contributed by atoms with van der Waals surface area (Å²) in [5.41, 5.74) is 0. The van der Waals surface area contributed by atoms with E-state index in [1.165, 1.54) is 0 Å². The van der Waals surface area contributed by atoms with Gasteiger partial charge in [-0.25, -0.2) is 9.59 Å². The van der Waals surface area contributed by atoms with Crippen molar-refractivity contribution in [2.45, 2.75) is 108 Å². The van der Waals surface area contributed by atoms with E-state index in [0.29, 0.717) is 6.42 Å². The first-order chi connectivity index (χ1) is 17.2. The smallest absolute Gasteiger partial charge is 0.326 e. The van der Waals surface area contributed by atoms with Gasteiger partial charge in [0.2, 0.25) is 11.8 Å².